The molecule has 2 heterocycles. The Morgan fingerprint density at radius 3 is 2.34 bits per heavy atom. The zero-order valence-corrected chi connectivity index (χ0v) is 21.7. The van der Waals surface area contributed by atoms with Crippen molar-refractivity contribution in [2.45, 2.75) is 11.8 Å². The molecular weight excluding hydrogens is 506 g/mol. The number of nitrogens with one attached hydrogen (secondary N) is 2. The van der Waals surface area contributed by atoms with Crippen LogP contribution in [0.25, 0.3) is 11.1 Å². The van der Waals surface area contributed by atoms with Crippen LogP contribution in [0.5, 0.6) is 0 Å². The molecule has 0 unspecified atom stereocenters. The maximum absolute atomic E-state index is 12.8. The zero-order valence-electron chi connectivity index (χ0n) is 19.2. The quantitative estimate of drug-likeness (QED) is 0.358. The van der Waals surface area contributed by atoms with Crippen LogP contribution < -0.4 is 10.6 Å². The molecular formula is C24H25N3O5S3. The van der Waals surface area contributed by atoms with Gasteiger partial charge in [-0.3, -0.25) is 0 Å². The van der Waals surface area contributed by atoms with Crippen LogP contribution in [0.4, 0.5) is 10.7 Å². The largest absolute Gasteiger partial charge is 0.465 e. The number of hydrogen-bond acceptors (Lipinski definition) is 7. The number of aryl methyl sites for hydroxylation is 1. The first-order chi connectivity index (χ1) is 16.8. The summed E-state index contributed by atoms with van der Waals surface area (Å²) < 4.78 is 37.3. The maximum atomic E-state index is 12.8. The number of thiocarbonyl (C=S) groups is 1. The molecule has 1 saturated heterocycles. The number of nitrogens with zero attached hydrogens (tertiary/aromatic N) is 1. The Balaban J connectivity index is 1.51. The van der Waals surface area contributed by atoms with E-state index in [1.807, 2.05) is 37.3 Å². The molecule has 0 amide bonds. The van der Waals surface area contributed by atoms with E-state index in [-0.39, 0.29) is 10.0 Å². The summed E-state index contributed by atoms with van der Waals surface area (Å²) in [5, 5.41) is 6.98. The van der Waals surface area contributed by atoms with Gasteiger partial charge in [-0.2, -0.15) is 4.31 Å². The molecule has 1 aliphatic rings. The van der Waals surface area contributed by atoms with Crippen molar-refractivity contribution < 1.29 is 22.7 Å². The van der Waals surface area contributed by atoms with Gasteiger partial charge in [0.2, 0.25) is 10.0 Å². The van der Waals surface area contributed by atoms with E-state index in [4.69, 9.17) is 21.7 Å². The molecule has 184 valence electrons. The molecule has 1 aliphatic heterocycles. The Morgan fingerprint density at radius 1 is 1.06 bits per heavy atom. The maximum Gasteiger partial charge on any atom is 0.341 e. The van der Waals surface area contributed by atoms with Crippen LogP contribution in [0.3, 0.4) is 0 Å². The lowest BCUT2D eigenvalue weighted by Crippen LogP contribution is -2.40. The molecule has 0 bridgehead atoms. The molecule has 0 saturated carbocycles. The minimum atomic E-state index is -3.57. The summed E-state index contributed by atoms with van der Waals surface area (Å²) in [6.45, 7) is 3.39. The number of carbonyl (C=O) groups excluding carboxylic acids is 1. The summed E-state index contributed by atoms with van der Waals surface area (Å²) in [5.41, 5.74) is 2.73. The van der Waals surface area contributed by atoms with E-state index in [1.54, 1.807) is 24.3 Å². The summed E-state index contributed by atoms with van der Waals surface area (Å²) in [6.07, 6.45) is 0. The Hall–Kier alpha value is -2.83. The van der Waals surface area contributed by atoms with E-state index in [2.05, 4.69) is 10.6 Å². The van der Waals surface area contributed by atoms with Gasteiger partial charge in [0.25, 0.3) is 0 Å². The topological polar surface area (TPSA) is 97.0 Å². The molecule has 2 N–H and O–H groups in total. The van der Waals surface area contributed by atoms with Crippen molar-refractivity contribution in [1.29, 1.82) is 0 Å². The zero-order chi connectivity index (χ0) is 25.0. The number of esters is 1. The van der Waals surface area contributed by atoms with Gasteiger partial charge < -0.3 is 20.1 Å². The molecule has 8 nitrogen and oxygen atoms in total. The van der Waals surface area contributed by atoms with Gasteiger partial charge >= 0.3 is 5.97 Å². The molecule has 11 heteroatoms. The number of thiophene rings is 1. The lowest BCUT2D eigenvalue weighted by atomic mass is 10.0. The normalized spacial score (nSPS) is 14.3. The number of anilines is 2. The van der Waals surface area contributed by atoms with Crippen molar-refractivity contribution in [1.82, 2.24) is 4.31 Å². The van der Waals surface area contributed by atoms with E-state index in [1.165, 1.54) is 22.8 Å². The van der Waals surface area contributed by atoms with Crippen molar-refractivity contribution in [3.8, 4) is 11.1 Å². The van der Waals surface area contributed by atoms with E-state index < -0.39 is 16.0 Å². The highest BCUT2D eigenvalue weighted by atomic mass is 32.2. The SMILES string of the molecule is COC(=O)c1c(NC(=S)Nc2ccc(S(=O)(=O)N3CCOCC3)cc2)sc(C)c1-c1ccccc1. The summed E-state index contributed by atoms with van der Waals surface area (Å²) in [4.78, 5) is 13.8. The Morgan fingerprint density at radius 2 is 1.71 bits per heavy atom. The minimum Gasteiger partial charge on any atom is -0.465 e. The number of morpholine rings is 1. The second kappa shape index (κ2) is 10.8. The highest BCUT2D eigenvalue weighted by Gasteiger charge is 2.27. The molecule has 1 fully saturated rings. The van der Waals surface area contributed by atoms with Crippen molar-refractivity contribution in [3.05, 3.63) is 65.0 Å². The third kappa shape index (κ3) is 5.54. The fraction of sp³-hybridized carbons (Fsp3) is 0.250. The van der Waals surface area contributed by atoms with Gasteiger partial charge in [-0.25, -0.2) is 13.2 Å². The van der Waals surface area contributed by atoms with Crippen molar-refractivity contribution in [2.75, 3.05) is 44.0 Å². The first-order valence-electron chi connectivity index (χ1n) is 10.8. The number of rotatable bonds is 6. The fourth-order valence-corrected chi connectivity index (χ4v) is 6.55. The molecule has 2 aromatic carbocycles. The number of methoxy groups -OCH3 is 1. The van der Waals surface area contributed by atoms with E-state index in [9.17, 15) is 13.2 Å². The Kier molecular flexibility index (Phi) is 7.82. The van der Waals surface area contributed by atoms with Gasteiger partial charge in [-0.05, 0) is 49.0 Å². The standard InChI is InChI=1S/C24H25N3O5S3/c1-16-20(17-6-4-3-5-7-17)21(23(28)31-2)22(34-16)26-24(33)25-18-8-10-19(11-9-18)35(29,30)27-12-14-32-15-13-27/h3-11H,12-15H2,1-2H3,(H2,25,26,33). The third-order valence-electron chi connectivity index (χ3n) is 5.48. The fourth-order valence-electron chi connectivity index (χ4n) is 3.79. The van der Waals surface area contributed by atoms with Gasteiger partial charge in [0.1, 0.15) is 10.6 Å². The van der Waals surface area contributed by atoms with Crippen molar-refractivity contribution >= 4 is 55.3 Å². The van der Waals surface area contributed by atoms with Gasteiger partial charge in [0.15, 0.2) is 5.11 Å². The molecule has 0 radical (unpaired) electrons. The predicted octanol–water partition coefficient (Wildman–Crippen LogP) is 4.34. The van der Waals surface area contributed by atoms with Crippen LogP contribution in [0.1, 0.15) is 15.2 Å². The highest BCUT2D eigenvalue weighted by Crippen LogP contribution is 2.40. The summed E-state index contributed by atoms with van der Waals surface area (Å²) >= 11 is 6.88. The van der Waals surface area contributed by atoms with Crippen molar-refractivity contribution in [2.24, 2.45) is 0 Å². The van der Waals surface area contributed by atoms with Crippen LogP contribution in [-0.2, 0) is 19.5 Å². The second-order valence-corrected chi connectivity index (χ2v) is 11.3. The smallest absolute Gasteiger partial charge is 0.341 e. The number of sulfonamides is 1. The van der Waals surface area contributed by atoms with E-state index in [0.29, 0.717) is 42.6 Å². The second-order valence-electron chi connectivity index (χ2n) is 7.71. The molecule has 0 spiro atoms. The molecule has 0 atom stereocenters. The minimum absolute atomic E-state index is 0.207. The first kappa shape index (κ1) is 25.3. The number of benzene rings is 2. The Labute approximate surface area is 213 Å². The highest BCUT2D eigenvalue weighted by molar-refractivity contribution is 7.89. The predicted molar refractivity (Wildman–Crippen MR) is 142 cm³/mol. The first-order valence-corrected chi connectivity index (χ1v) is 13.5. The van der Waals surface area contributed by atoms with Crippen LogP contribution in [0.15, 0.2) is 59.5 Å². The average Bonchev–Trinajstić information content (AvgIpc) is 3.20. The third-order valence-corrected chi connectivity index (χ3v) is 8.62. The van der Waals surface area contributed by atoms with Gasteiger partial charge in [-0.1, -0.05) is 30.3 Å². The van der Waals surface area contributed by atoms with Gasteiger partial charge in [0.05, 0.1) is 25.2 Å². The summed E-state index contributed by atoms with van der Waals surface area (Å²) in [6, 6.07) is 16.0. The Bertz CT molecular complexity index is 1320. The lowest BCUT2D eigenvalue weighted by Gasteiger charge is -2.26. The van der Waals surface area contributed by atoms with Crippen LogP contribution in [-0.4, -0.2) is 57.2 Å². The number of carbonyl (C=O) groups is 1. The molecule has 3 aromatic rings. The molecule has 35 heavy (non-hydrogen) atoms. The van der Waals surface area contributed by atoms with Crippen LogP contribution >= 0.6 is 23.6 Å². The van der Waals surface area contributed by atoms with E-state index >= 15 is 0 Å². The number of ether oxygens (including phenoxy) is 2. The molecule has 0 aliphatic carbocycles. The van der Waals surface area contributed by atoms with Crippen LogP contribution in [0, 0.1) is 6.92 Å². The van der Waals surface area contributed by atoms with Crippen LogP contribution in [0.2, 0.25) is 0 Å². The molecule has 1 aromatic heterocycles. The average molecular weight is 532 g/mol. The van der Waals surface area contributed by atoms with E-state index in [0.717, 1.165) is 16.0 Å². The summed E-state index contributed by atoms with van der Waals surface area (Å²) in [7, 11) is -2.23. The monoisotopic (exact) mass is 531 g/mol. The van der Waals surface area contributed by atoms with Gasteiger partial charge in [-0.15, -0.1) is 11.3 Å². The van der Waals surface area contributed by atoms with Crippen molar-refractivity contribution in [3.63, 3.8) is 0 Å². The van der Waals surface area contributed by atoms with Gasteiger partial charge in [0, 0.05) is 29.2 Å². The molecule has 4 rings (SSSR count). The number of hydrogen-bond donors (Lipinski definition) is 2. The summed E-state index contributed by atoms with van der Waals surface area (Å²) in [5.74, 6) is -0.462. The lowest BCUT2D eigenvalue weighted by molar-refractivity contribution is 0.0603.